The van der Waals surface area contributed by atoms with Crippen LogP contribution in [-0.4, -0.2) is 36.3 Å². The molecule has 1 unspecified atom stereocenters. The molecule has 180 valence electrons. The van der Waals surface area contributed by atoms with Crippen molar-refractivity contribution in [2.45, 2.75) is 43.2 Å². The number of fused-ring (bicyclic) bond motifs is 1. The maximum absolute atomic E-state index is 13.1. The Morgan fingerprint density at radius 3 is 2.76 bits per heavy atom. The largest absolute Gasteiger partial charge is 0.469 e. The number of aryl methyl sites for hydroxylation is 1. The first-order valence-electron chi connectivity index (χ1n) is 10.5. The van der Waals surface area contributed by atoms with Gasteiger partial charge in [0.15, 0.2) is 0 Å². The highest BCUT2D eigenvalue weighted by Crippen LogP contribution is 2.33. The lowest BCUT2D eigenvalue weighted by atomic mass is 9.94. The second-order valence-corrected chi connectivity index (χ2v) is 10.7. The molecule has 1 aromatic carbocycles. The van der Waals surface area contributed by atoms with E-state index in [4.69, 9.17) is 16.3 Å². The third-order valence-electron chi connectivity index (χ3n) is 5.44. The number of ether oxygens (including phenoxy) is 2. The molecule has 2 heterocycles. The molecular formula is C22H22BrClN4O5S. The van der Waals surface area contributed by atoms with Crippen molar-refractivity contribution in [3.05, 3.63) is 63.5 Å². The lowest BCUT2D eigenvalue weighted by Gasteiger charge is -2.24. The van der Waals surface area contributed by atoms with Crippen LogP contribution in [0.5, 0.6) is 11.6 Å². The summed E-state index contributed by atoms with van der Waals surface area (Å²) < 4.78 is 41.5. The number of hydrogen-bond acceptors (Lipinski definition) is 7. The second-order valence-electron chi connectivity index (χ2n) is 7.68. The Morgan fingerprint density at radius 1 is 1.29 bits per heavy atom. The van der Waals surface area contributed by atoms with E-state index < -0.39 is 16.1 Å². The fraction of sp³-hybridized carbons (Fsp3) is 0.318. The van der Waals surface area contributed by atoms with Gasteiger partial charge in [0.25, 0.3) is 0 Å². The number of halogens is 2. The molecular weight excluding hydrogens is 548 g/mol. The monoisotopic (exact) mass is 568 g/mol. The standard InChI is InChI=1S/C22H22BrClN4O5S/c1-32-21(29)9-10-28-20-4-2-3-19(17(20)13-26-28)27-34(30,31)16-11-18(23)22(25-12-16)33-15-7-5-14(24)6-8-15/h5-8,11-13,19,27H,2-4,9-10H2,1H3. The number of benzene rings is 1. The van der Waals surface area contributed by atoms with Gasteiger partial charge < -0.3 is 9.47 Å². The van der Waals surface area contributed by atoms with Crippen LogP contribution in [0.2, 0.25) is 5.02 Å². The van der Waals surface area contributed by atoms with Crippen LogP contribution in [0, 0.1) is 0 Å². The fourth-order valence-electron chi connectivity index (χ4n) is 3.73. The Kier molecular flexibility index (Phi) is 7.56. The summed E-state index contributed by atoms with van der Waals surface area (Å²) in [5.74, 6) is 0.428. The molecule has 0 amide bonds. The normalized spacial score (nSPS) is 15.6. The number of aromatic nitrogens is 3. The molecule has 0 spiro atoms. The molecule has 34 heavy (non-hydrogen) atoms. The molecule has 0 radical (unpaired) electrons. The van der Waals surface area contributed by atoms with Crippen molar-refractivity contribution in [3.8, 4) is 11.6 Å². The third-order valence-corrected chi connectivity index (χ3v) is 7.70. The van der Waals surface area contributed by atoms with Gasteiger partial charge in [-0.1, -0.05) is 11.6 Å². The number of carbonyl (C=O) groups excluding carboxylic acids is 1. The van der Waals surface area contributed by atoms with Gasteiger partial charge in [-0.2, -0.15) is 5.10 Å². The first-order valence-corrected chi connectivity index (χ1v) is 13.1. The van der Waals surface area contributed by atoms with E-state index in [-0.39, 0.29) is 23.2 Å². The molecule has 1 N–H and O–H groups in total. The number of sulfonamides is 1. The first kappa shape index (κ1) is 24.6. The van der Waals surface area contributed by atoms with Crippen LogP contribution in [0.1, 0.15) is 36.6 Å². The number of nitrogens with one attached hydrogen (secondary N) is 1. The van der Waals surface area contributed by atoms with Crippen molar-refractivity contribution in [1.29, 1.82) is 0 Å². The summed E-state index contributed by atoms with van der Waals surface area (Å²) in [4.78, 5) is 15.7. The Balaban J connectivity index is 1.49. The van der Waals surface area contributed by atoms with Gasteiger partial charge in [-0.3, -0.25) is 9.48 Å². The van der Waals surface area contributed by atoms with Gasteiger partial charge in [0.05, 0.1) is 43.0 Å². The summed E-state index contributed by atoms with van der Waals surface area (Å²) in [5.41, 5.74) is 1.74. The molecule has 1 aliphatic rings. The zero-order valence-electron chi connectivity index (χ0n) is 18.2. The van der Waals surface area contributed by atoms with E-state index in [9.17, 15) is 13.2 Å². The van der Waals surface area contributed by atoms with E-state index in [0.29, 0.717) is 28.2 Å². The molecule has 1 aliphatic carbocycles. The Morgan fingerprint density at radius 2 is 2.06 bits per heavy atom. The van der Waals surface area contributed by atoms with Gasteiger partial charge in [-0.25, -0.2) is 18.1 Å². The summed E-state index contributed by atoms with van der Waals surface area (Å²) in [7, 11) is -2.52. The average Bonchev–Trinajstić information content (AvgIpc) is 3.24. The van der Waals surface area contributed by atoms with Crippen LogP contribution < -0.4 is 9.46 Å². The molecule has 0 saturated carbocycles. The van der Waals surface area contributed by atoms with Crippen LogP contribution in [0.15, 0.2) is 52.1 Å². The van der Waals surface area contributed by atoms with Crippen molar-refractivity contribution in [1.82, 2.24) is 19.5 Å². The number of nitrogens with zero attached hydrogens (tertiary/aromatic N) is 3. The highest BCUT2D eigenvalue weighted by molar-refractivity contribution is 9.10. The molecule has 1 atom stereocenters. The molecule has 0 saturated heterocycles. The third kappa shape index (κ3) is 5.60. The van der Waals surface area contributed by atoms with Gasteiger partial charge in [0.1, 0.15) is 10.6 Å². The summed E-state index contributed by atoms with van der Waals surface area (Å²) >= 11 is 9.23. The number of pyridine rings is 1. The van der Waals surface area contributed by atoms with E-state index >= 15 is 0 Å². The topological polar surface area (TPSA) is 112 Å². The number of esters is 1. The van der Waals surface area contributed by atoms with E-state index in [1.165, 1.54) is 19.4 Å². The number of rotatable bonds is 8. The summed E-state index contributed by atoms with van der Waals surface area (Å²) in [6, 6.07) is 7.77. The number of methoxy groups -OCH3 is 1. The molecule has 9 nitrogen and oxygen atoms in total. The van der Waals surface area contributed by atoms with Crippen LogP contribution in [0.4, 0.5) is 0 Å². The van der Waals surface area contributed by atoms with E-state index in [2.05, 4.69) is 35.5 Å². The van der Waals surface area contributed by atoms with Crippen LogP contribution >= 0.6 is 27.5 Å². The number of hydrogen-bond donors (Lipinski definition) is 1. The maximum atomic E-state index is 13.1. The minimum absolute atomic E-state index is 0.00744. The van der Waals surface area contributed by atoms with Crippen LogP contribution in [0.3, 0.4) is 0 Å². The molecule has 0 fully saturated rings. The predicted octanol–water partition coefficient (Wildman–Crippen LogP) is 4.41. The Bertz CT molecular complexity index is 1300. The van der Waals surface area contributed by atoms with Gasteiger partial charge in [-0.15, -0.1) is 0 Å². The van der Waals surface area contributed by atoms with Crippen molar-refractivity contribution in [2.75, 3.05) is 7.11 Å². The van der Waals surface area contributed by atoms with Crippen molar-refractivity contribution < 1.29 is 22.7 Å². The molecule has 4 rings (SSSR count). The van der Waals surface area contributed by atoms with Crippen LogP contribution in [-0.2, 0) is 32.5 Å². The molecule has 0 aliphatic heterocycles. The first-order chi connectivity index (χ1) is 16.3. The van der Waals surface area contributed by atoms with Gasteiger partial charge in [0.2, 0.25) is 15.9 Å². The molecule has 12 heteroatoms. The highest BCUT2D eigenvalue weighted by Gasteiger charge is 2.29. The summed E-state index contributed by atoms with van der Waals surface area (Å²) in [6.07, 6.45) is 5.31. The lowest BCUT2D eigenvalue weighted by molar-refractivity contribution is -0.140. The smallest absolute Gasteiger partial charge is 0.307 e. The van der Waals surface area contributed by atoms with Gasteiger partial charge >= 0.3 is 5.97 Å². The Hall–Kier alpha value is -2.47. The van der Waals surface area contributed by atoms with Crippen LogP contribution in [0.25, 0.3) is 0 Å². The van der Waals surface area contributed by atoms with E-state index in [1.807, 2.05) is 0 Å². The molecule has 0 bridgehead atoms. The second kappa shape index (κ2) is 10.4. The van der Waals surface area contributed by atoms with Crippen molar-refractivity contribution in [3.63, 3.8) is 0 Å². The van der Waals surface area contributed by atoms with E-state index in [0.717, 1.165) is 24.1 Å². The maximum Gasteiger partial charge on any atom is 0.307 e. The van der Waals surface area contributed by atoms with Crippen molar-refractivity contribution in [2.24, 2.45) is 0 Å². The SMILES string of the molecule is COC(=O)CCn1ncc2c1CCCC2NS(=O)(=O)c1cnc(Oc2ccc(Cl)cc2)c(Br)c1. The fourth-order valence-corrected chi connectivity index (χ4v) is 5.66. The summed E-state index contributed by atoms with van der Waals surface area (Å²) in [6.45, 7) is 0.382. The van der Waals surface area contributed by atoms with Crippen molar-refractivity contribution >= 4 is 43.5 Å². The molecule has 3 aromatic rings. The lowest BCUT2D eigenvalue weighted by Crippen LogP contribution is -2.31. The summed E-state index contributed by atoms with van der Waals surface area (Å²) in [5, 5.41) is 4.93. The molecule has 2 aromatic heterocycles. The predicted molar refractivity (Wildman–Crippen MR) is 128 cm³/mol. The Labute approximate surface area is 210 Å². The van der Waals surface area contributed by atoms with E-state index in [1.54, 1.807) is 35.1 Å². The number of carbonyl (C=O) groups is 1. The minimum Gasteiger partial charge on any atom is -0.469 e. The van der Waals surface area contributed by atoms with Gasteiger partial charge in [0, 0.05) is 16.3 Å². The zero-order chi connectivity index (χ0) is 24.3. The average molecular weight is 570 g/mol. The zero-order valence-corrected chi connectivity index (χ0v) is 21.4. The minimum atomic E-state index is -3.87. The highest BCUT2D eigenvalue weighted by atomic mass is 79.9. The quantitative estimate of drug-likeness (QED) is 0.400. The van der Waals surface area contributed by atoms with Gasteiger partial charge in [-0.05, 0) is 65.5 Å².